The van der Waals surface area contributed by atoms with Crippen LogP contribution in [-0.2, 0) is 0 Å². The molecule has 3 aliphatic heterocycles. The van der Waals surface area contributed by atoms with E-state index in [9.17, 15) is 47.4 Å². The summed E-state index contributed by atoms with van der Waals surface area (Å²) in [5.41, 5.74) is -4.99. The van der Waals surface area contributed by atoms with E-state index in [1.54, 1.807) is 36.4 Å². The predicted molar refractivity (Wildman–Crippen MR) is 161 cm³/mol. The highest BCUT2D eigenvalue weighted by Gasteiger charge is 2.25. The first-order valence-corrected chi connectivity index (χ1v) is 14.1. The van der Waals surface area contributed by atoms with Crippen molar-refractivity contribution in [2.75, 3.05) is 0 Å². The van der Waals surface area contributed by atoms with E-state index in [1.807, 2.05) is 18.2 Å². The van der Waals surface area contributed by atoms with Gasteiger partial charge in [0.25, 0.3) is 0 Å². The lowest BCUT2D eigenvalue weighted by molar-refractivity contribution is 0.998. The Labute approximate surface area is 296 Å². The summed E-state index contributed by atoms with van der Waals surface area (Å²) < 4.78 is 0. The van der Waals surface area contributed by atoms with Gasteiger partial charge in [0, 0.05) is 0 Å². The van der Waals surface area contributed by atoms with E-state index >= 15 is 0 Å². The molecule has 0 radical (unpaired) electrons. The molecule has 0 N–H and O–H groups in total. The molecule has 240 valence electrons. The summed E-state index contributed by atoms with van der Waals surface area (Å²) in [6.07, 6.45) is 0. The molecular formula is C31HN23. The minimum Gasteiger partial charge on any atom is -0.226 e. The fourth-order valence-electron chi connectivity index (χ4n) is 4.64. The van der Waals surface area contributed by atoms with Crippen molar-refractivity contribution in [2.24, 2.45) is 30.0 Å². The molecule has 0 aromatic carbocycles. The molecule has 7 rings (SSSR count). The maximum absolute atomic E-state index is 10.4. The molecule has 0 unspecified atom stereocenters. The molecule has 0 fully saturated rings. The van der Waals surface area contributed by atoms with Crippen LogP contribution in [0, 0.1) is 102 Å². The van der Waals surface area contributed by atoms with Gasteiger partial charge in [-0.15, -0.1) is 0 Å². The minimum atomic E-state index is -0.474. The van der Waals surface area contributed by atoms with Gasteiger partial charge in [-0.3, -0.25) is 0 Å². The fraction of sp³-hybridized carbons (Fsp3) is 0. The van der Waals surface area contributed by atoms with Crippen molar-refractivity contribution >= 4 is 16.7 Å². The van der Waals surface area contributed by atoms with Crippen molar-refractivity contribution in [1.29, 1.82) is 47.4 Å². The first kappa shape index (κ1) is 32.3. The molecular weight excluding hydrogens is 695 g/mol. The highest BCUT2D eigenvalue weighted by molar-refractivity contribution is 5.84. The summed E-state index contributed by atoms with van der Waals surface area (Å²) in [5, 5.41) is 87.2. The van der Waals surface area contributed by atoms with Gasteiger partial charge in [-0.2, -0.15) is 47.4 Å². The van der Waals surface area contributed by atoms with Crippen LogP contribution in [0.5, 0.6) is 0 Å². The number of fused-ring (bicyclic) bond motifs is 3. The molecule has 0 saturated carbocycles. The number of rotatable bonds is 3. The maximum atomic E-state index is 10.4. The van der Waals surface area contributed by atoms with Gasteiger partial charge in [0.15, 0.2) is 57.5 Å². The normalized spacial score (nSPS) is 11.9. The molecule has 23 nitrogen and oxygen atoms in total. The molecule has 0 bridgehead atoms. The molecule has 0 aliphatic carbocycles. The lowest BCUT2D eigenvalue weighted by Crippen LogP contribution is -2.31. The van der Waals surface area contributed by atoms with E-state index < -0.39 is 11.4 Å². The van der Waals surface area contributed by atoms with Crippen molar-refractivity contribution in [1.82, 2.24) is 39.9 Å². The van der Waals surface area contributed by atoms with Crippen molar-refractivity contribution in [3.8, 4) is 54.6 Å². The zero-order valence-electron chi connectivity index (χ0n) is 25.9. The Morgan fingerprint density at radius 2 is 0.574 bits per heavy atom. The minimum absolute atomic E-state index is 0.188. The molecule has 23 heteroatoms. The first-order chi connectivity index (χ1) is 26.3. The molecule has 0 spiro atoms. The van der Waals surface area contributed by atoms with Crippen LogP contribution in [0.2, 0.25) is 0 Å². The van der Waals surface area contributed by atoms with E-state index in [1.165, 1.54) is 0 Å². The van der Waals surface area contributed by atoms with Gasteiger partial charge in [0.1, 0.15) is 71.3 Å². The summed E-state index contributed by atoms with van der Waals surface area (Å²) in [6.45, 7) is 0. The van der Waals surface area contributed by atoms with Crippen molar-refractivity contribution in [2.45, 2.75) is 0 Å². The number of nitriles is 9. The Balaban J connectivity index is 1.51. The Hall–Kier alpha value is -10.2. The fourth-order valence-corrected chi connectivity index (χ4v) is 4.64. The third kappa shape index (κ3) is 5.17. The summed E-state index contributed by atoms with van der Waals surface area (Å²) >= 11 is 0. The highest BCUT2D eigenvalue weighted by atomic mass is 15.1. The van der Waals surface area contributed by atoms with Crippen LogP contribution in [0.1, 0.15) is 51.4 Å². The van der Waals surface area contributed by atoms with E-state index in [2.05, 4.69) is 69.8 Å². The molecule has 0 atom stereocenters. The van der Waals surface area contributed by atoms with Crippen LogP contribution in [-0.4, -0.2) is 39.9 Å². The Bertz CT molecular complexity index is 2890. The predicted octanol–water partition coefficient (Wildman–Crippen LogP) is -3.49. The number of allylic oxidation sites excluding steroid dienone is 3. The lowest BCUT2D eigenvalue weighted by Gasteiger charge is -2.08. The summed E-state index contributed by atoms with van der Waals surface area (Å²) in [6, 6.07) is 17.1. The zero-order chi connectivity index (χ0) is 38.1. The van der Waals surface area contributed by atoms with Gasteiger partial charge >= 0.3 is 0 Å². The first-order valence-electron chi connectivity index (χ1n) is 14.1. The van der Waals surface area contributed by atoms with Crippen LogP contribution >= 0.6 is 0 Å². The van der Waals surface area contributed by atoms with Gasteiger partial charge in [0.2, 0.25) is 32.9 Å². The van der Waals surface area contributed by atoms with Gasteiger partial charge in [-0.1, -0.05) is 0 Å². The highest BCUT2D eigenvalue weighted by Crippen LogP contribution is 2.27. The second-order valence-electron chi connectivity index (χ2n) is 9.94. The molecule has 7 heterocycles. The third-order valence-corrected chi connectivity index (χ3v) is 6.95. The van der Waals surface area contributed by atoms with Crippen LogP contribution in [0.15, 0.2) is 53.5 Å². The Kier molecular flexibility index (Phi) is 7.57. The second-order valence-corrected chi connectivity index (χ2v) is 9.94. The van der Waals surface area contributed by atoms with Gasteiger partial charge in [-0.05, 0) is 6.07 Å². The van der Waals surface area contributed by atoms with Crippen LogP contribution < -0.4 is 32.9 Å². The van der Waals surface area contributed by atoms with E-state index in [0.717, 1.165) is 6.07 Å². The third-order valence-electron chi connectivity index (χ3n) is 6.95. The SMILES string of the molecule is N#CC(=C1N=c2nc(C#N)c(C#N)nc2=N1)c1cc(C(C#N)=C2N=c3nc(C#N)c(C#N)nc3=N2)nc(C(C#N)=C2N=c3nc(C#N)c(C#N)nc3=N2)n1. The quantitative estimate of drug-likeness (QED) is 0.188. The van der Waals surface area contributed by atoms with Crippen LogP contribution in [0.4, 0.5) is 0 Å². The van der Waals surface area contributed by atoms with Crippen LogP contribution in [0.3, 0.4) is 0 Å². The molecule has 0 saturated heterocycles. The van der Waals surface area contributed by atoms with Crippen molar-refractivity contribution < 1.29 is 0 Å². The topological polar surface area (TPSA) is 391 Å². The number of hydrogen-bond acceptors (Lipinski definition) is 23. The van der Waals surface area contributed by atoms with Crippen molar-refractivity contribution in [3.63, 3.8) is 0 Å². The smallest absolute Gasteiger partial charge is 0.201 e. The zero-order valence-corrected chi connectivity index (χ0v) is 25.9. The van der Waals surface area contributed by atoms with Gasteiger partial charge in [-0.25, -0.2) is 69.8 Å². The number of nitrogens with zero attached hydrogens (tertiary/aromatic N) is 23. The molecule has 54 heavy (non-hydrogen) atoms. The lowest BCUT2D eigenvalue weighted by atomic mass is 10.1. The standard InChI is InChI=1S/C31HN23/c32-2-11(22-49-26-27(50-22)44-17(6-36)16(5-35)43-26)14-1-15(12(3-33)23-51-28-29(52-23)46-19(8-38)18(7-37)45-28)42-24(41-14)13(4-34)25-53-30-31(54-25)48-21(10-40)20(9-39)47-30/h1H. The molecule has 4 aromatic heterocycles. The Morgan fingerprint density at radius 1 is 0.333 bits per heavy atom. The maximum Gasteiger partial charge on any atom is 0.201 e. The van der Waals surface area contributed by atoms with E-state index in [4.69, 9.17) is 0 Å². The summed E-state index contributed by atoms with van der Waals surface area (Å²) in [4.78, 5) is 57.6. The van der Waals surface area contributed by atoms with Crippen molar-refractivity contribution in [3.05, 3.63) is 108 Å². The van der Waals surface area contributed by atoms with E-state index in [0.29, 0.717) is 0 Å². The van der Waals surface area contributed by atoms with Gasteiger partial charge < -0.3 is 0 Å². The number of aromatic nitrogens is 8. The molecule has 4 aromatic rings. The van der Waals surface area contributed by atoms with Gasteiger partial charge in [0.05, 0.1) is 11.4 Å². The second kappa shape index (κ2) is 12.7. The average molecular weight is 696 g/mol. The summed E-state index contributed by atoms with van der Waals surface area (Å²) in [7, 11) is 0. The Morgan fingerprint density at radius 3 is 0.796 bits per heavy atom. The molecule has 0 amide bonds. The average Bonchev–Trinajstić information content (AvgIpc) is 3.92. The summed E-state index contributed by atoms with van der Waals surface area (Å²) in [5.74, 6) is -1.49. The monoisotopic (exact) mass is 695 g/mol. The largest absolute Gasteiger partial charge is 0.226 e. The van der Waals surface area contributed by atoms with Crippen LogP contribution in [0.25, 0.3) is 16.7 Å². The molecule has 3 aliphatic rings. The number of hydrogen-bond donors (Lipinski definition) is 0. The van der Waals surface area contributed by atoms with E-state index in [-0.39, 0.29) is 107 Å².